The van der Waals surface area contributed by atoms with E-state index in [0.717, 1.165) is 39.3 Å². The topological polar surface area (TPSA) is 55.4 Å². The van der Waals surface area contributed by atoms with E-state index in [1.54, 1.807) is 14.2 Å². The highest BCUT2D eigenvalue weighted by atomic mass is 28.4. The zero-order chi connectivity index (χ0) is 15.4. The number of ether oxygens (including phenoxy) is 2. The molecule has 0 N–H and O–H groups in total. The van der Waals surface area contributed by atoms with Gasteiger partial charge in [0.15, 0.2) is 0 Å². The molecule has 2 rings (SSSR count). The molecule has 2 saturated heterocycles. The predicted molar refractivity (Wildman–Crippen MR) is 78.8 cm³/mol. The van der Waals surface area contributed by atoms with Gasteiger partial charge in [0, 0.05) is 25.0 Å². The van der Waals surface area contributed by atoms with E-state index in [9.17, 15) is 0 Å². The Labute approximate surface area is 128 Å². The van der Waals surface area contributed by atoms with Gasteiger partial charge in [-0.3, -0.25) is 0 Å². The second-order valence-electron chi connectivity index (χ2n) is 6.18. The van der Waals surface area contributed by atoms with Crippen LogP contribution >= 0.6 is 0 Å². The maximum absolute atomic E-state index is 5.99. The van der Waals surface area contributed by atoms with Crippen molar-refractivity contribution >= 4 is 9.05 Å². The Morgan fingerprint density at radius 3 is 1.38 bits per heavy atom. The smallest absolute Gasteiger partial charge is 0.380 e. The van der Waals surface area contributed by atoms with Gasteiger partial charge in [0.25, 0.3) is 0 Å². The van der Waals surface area contributed by atoms with Crippen LogP contribution in [0.2, 0.25) is 0 Å². The Bertz CT molecular complexity index is 286. The highest BCUT2D eigenvalue weighted by molar-refractivity contribution is 6.53. The van der Waals surface area contributed by atoms with Crippen molar-refractivity contribution in [2.45, 2.75) is 26.7 Å². The Morgan fingerprint density at radius 1 is 0.810 bits per heavy atom. The van der Waals surface area contributed by atoms with Gasteiger partial charge in [-0.1, -0.05) is 13.8 Å². The molecule has 0 radical (unpaired) electrons. The molecule has 2 fully saturated rings. The van der Waals surface area contributed by atoms with Crippen molar-refractivity contribution < 1.29 is 27.2 Å². The van der Waals surface area contributed by atoms with Crippen molar-refractivity contribution in [3.05, 3.63) is 0 Å². The third kappa shape index (κ3) is 3.66. The summed E-state index contributed by atoms with van der Waals surface area (Å²) >= 11 is 0. The lowest BCUT2D eigenvalue weighted by Crippen LogP contribution is -2.56. The van der Waals surface area contributed by atoms with E-state index in [1.165, 1.54) is 0 Å². The third-order valence-corrected chi connectivity index (χ3v) is 6.74. The summed E-state index contributed by atoms with van der Waals surface area (Å²) in [6.07, 6.45) is 2.02. The summed E-state index contributed by atoms with van der Waals surface area (Å²) in [7, 11) is 0.0982. The molecule has 0 bridgehead atoms. The molecule has 0 spiro atoms. The molecule has 0 atom stereocenters. The summed E-state index contributed by atoms with van der Waals surface area (Å²) < 4.78 is 33.6. The van der Waals surface area contributed by atoms with E-state index in [1.807, 2.05) is 0 Å². The Balaban J connectivity index is 1.89. The summed E-state index contributed by atoms with van der Waals surface area (Å²) in [4.78, 5) is 0. The maximum atomic E-state index is 5.99. The van der Waals surface area contributed by atoms with Crippen LogP contribution < -0.4 is 0 Å². The maximum Gasteiger partial charge on any atom is 0.679 e. The van der Waals surface area contributed by atoms with E-state index in [0.29, 0.717) is 13.2 Å². The van der Waals surface area contributed by atoms with Crippen molar-refractivity contribution in [3.8, 4) is 0 Å². The lowest BCUT2D eigenvalue weighted by atomic mass is 9.84. The van der Waals surface area contributed by atoms with Gasteiger partial charge >= 0.3 is 9.05 Å². The zero-order valence-corrected chi connectivity index (χ0v) is 14.6. The van der Waals surface area contributed by atoms with Crippen LogP contribution in [0.4, 0.5) is 0 Å². The molecule has 0 aromatic rings. The molecule has 2 heterocycles. The van der Waals surface area contributed by atoms with Crippen molar-refractivity contribution in [3.63, 3.8) is 0 Å². The molecule has 0 amide bonds. The van der Waals surface area contributed by atoms with E-state index < -0.39 is 9.05 Å². The molecule has 124 valence electrons. The van der Waals surface area contributed by atoms with Gasteiger partial charge in [-0.25, -0.2) is 0 Å². The van der Waals surface area contributed by atoms with Crippen molar-refractivity contribution in [1.82, 2.24) is 0 Å². The molecule has 2 aliphatic heterocycles. The normalized spacial score (nSPS) is 23.4. The number of hydrogen-bond donors (Lipinski definition) is 0. The molecular weight excluding hydrogens is 292 g/mol. The van der Waals surface area contributed by atoms with Crippen molar-refractivity contribution in [2.75, 3.05) is 53.9 Å². The highest BCUT2D eigenvalue weighted by Crippen LogP contribution is 2.35. The molecule has 0 saturated carbocycles. The fourth-order valence-electron chi connectivity index (χ4n) is 2.40. The first-order valence-corrected chi connectivity index (χ1v) is 9.24. The Kier molecular flexibility index (Phi) is 5.81. The first kappa shape index (κ1) is 17.3. The van der Waals surface area contributed by atoms with Crippen molar-refractivity contribution in [1.29, 1.82) is 0 Å². The Morgan fingerprint density at radius 2 is 1.19 bits per heavy atom. The zero-order valence-electron chi connectivity index (χ0n) is 13.6. The molecular formula is C14H28O6Si. The molecule has 21 heavy (non-hydrogen) atoms. The molecule has 7 heteroatoms. The van der Waals surface area contributed by atoms with Gasteiger partial charge in [-0.2, -0.15) is 0 Å². The van der Waals surface area contributed by atoms with Gasteiger partial charge < -0.3 is 27.2 Å². The summed E-state index contributed by atoms with van der Waals surface area (Å²) in [5.74, 6) is 0. The second kappa shape index (κ2) is 7.04. The summed E-state index contributed by atoms with van der Waals surface area (Å²) in [5.41, 5.74) is 0.168. The van der Waals surface area contributed by atoms with Gasteiger partial charge in [-0.05, 0) is 12.8 Å². The van der Waals surface area contributed by atoms with Crippen molar-refractivity contribution in [2.24, 2.45) is 10.8 Å². The lowest BCUT2D eigenvalue weighted by molar-refractivity contribution is -0.167. The van der Waals surface area contributed by atoms with Crippen LogP contribution in [0.25, 0.3) is 0 Å². The fourth-order valence-corrected chi connectivity index (χ4v) is 4.09. The summed E-state index contributed by atoms with van der Waals surface area (Å²) in [5, 5.41) is 0. The first-order valence-electron chi connectivity index (χ1n) is 7.61. The summed E-state index contributed by atoms with van der Waals surface area (Å²) in [6.45, 7) is 8.31. The predicted octanol–water partition coefficient (Wildman–Crippen LogP) is 1.60. The number of hydrogen-bond acceptors (Lipinski definition) is 6. The minimum atomic E-state index is -3.07. The minimum Gasteiger partial charge on any atom is -0.380 e. The number of rotatable bonds is 10. The van der Waals surface area contributed by atoms with Crippen LogP contribution in [-0.4, -0.2) is 62.9 Å². The van der Waals surface area contributed by atoms with Crippen LogP contribution in [0.5, 0.6) is 0 Å². The van der Waals surface area contributed by atoms with E-state index in [4.69, 9.17) is 27.2 Å². The largest absolute Gasteiger partial charge is 0.679 e. The average molecular weight is 320 g/mol. The molecule has 6 nitrogen and oxygen atoms in total. The van der Waals surface area contributed by atoms with Crippen LogP contribution in [0, 0.1) is 10.8 Å². The van der Waals surface area contributed by atoms with E-state index in [2.05, 4.69) is 13.8 Å². The molecule has 0 aromatic carbocycles. The van der Waals surface area contributed by atoms with Crippen LogP contribution in [0.15, 0.2) is 0 Å². The monoisotopic (exact) mass is 320 g/mol. The quantitative estimate of drug-likeness (QED) is 0.570. The SMILES string of the molecule is CCC1(CO[Si](OC)(OC)OCC2(CC)COC2)COC1. The molecule has 0 unspecified atom stereocenters. The van der Waals surface area contributed by atoms with E-state index in [-0.39, 0.29) is 10.8 Å². The first-order chi connectivity index (χ1) is 10.1. The minimum absolute atomic E-state index is 0.0840. The lowest BCUT2D eigenvalue weighted by Gasteiger charge is -2.44. The van der Waals surface area contributed by atoms with Gasteiger partial charge in [0.2, 0.25) is 0 Å². The Hall–Kier alpha value is -0.0231. The average Bonchev–Trinajstić information content (AvgIpc) is 2.44. The third-order valence-electron chi connectivity index (χ3n) is 4.74. The van der Waals surface area contributed by atoms with Gasteiger partial charge in [0.05, 0.1) is 39.6 Å². The van der Waals surface area contributed by atoms with Crippen LogP contribution in [0.3, 0.4) is 0 Å². The highest BCUT2D eigenvalue weighted by Gasteiger charge is 2.50. The molecule has 0 aromatic heterocycles. The van der Waals surface area contributed by atoms with Crippen LogP contribution in [-0.2, 0) is 27.2 Å². The van der Waals surface area contributed by atoms with Gasteiger partial charge in [0.1, 0.15) is 0 Å². The van der Waals surface area contributed by atoms with E-state index >= 15 is 0 Å². The van der Waals surface area contributed by atoms with Crippen LogP contribution in [0.1, 0.15) is 26.7 Å². The standard InChI is InChI=1S/C14H28O6Si/c1-5-13(7-17-8-13)11-19-21(15-3,16-4)20-12-14(6-2)9-18-10-14/h5-12H2,1-4H3. The molecule has 0 aliphatic carbocycles. The summed E-state index contributed by atoms with van der Waals surface area (Å²) in [6, 6.07) is 0. The molecule has 2 aliphatic rings. The second-order valence-corrected chi connectivity index (χ2v) is 8.57. The van der Waals surface area contributed by atoms with Gasteiger partial charge in [-0.15, -0.1) is 0 Å². The fraction of sp³-hybridized carbons (Fsp3) is 1.00.